The number of hydrogen-bond donors (Lipinski definition) is 2. The summed E-state index contributed by atoms with van der Waals surface area (Å²) in [6.45, 7) is 5.68. The van der Waals surface area contributed by atoms with E-state index >= 15 is 0 Å². The van der Waals surface area contributed by atoms with Gasteiger partial charge < -0.3 is 10.8 Å². The zero-order valence-corrected chi connectivity index (χ0v) is 11.0. The summed E-state index contributed by atoms with van der Waals surface area (Å²) in [5.74, 6) is -1.17. The van der Waals surface area contributed by atoms with Crippen LogP contribution in [0.2, 0.25) is 0 Å². The number of hydrogen-bond acceptors (Lipinski definition) is 4. The summed E-state index contributed by atoms with van der Waals surface area (Å²) in [5.41, 5.74) is 5.13. The summed E-state index contributed by atoms with van der Waals surface area (Å²) in [4.78, 5) is 21.0. The fourth-order valence-corrected chi connectivity index (χ4v) is 1.51. The standard InChI is InChI=1S/C13H16N2O4/c1-13(2,3)9-6-8(4-5-11(14)16)12(17)10(7-9)15(18)19/h4-7,17H,1-3H3,(H2,14,16)/b5-4-. The molecule has 0 spiro atoms. The van der Waals surface area contributed by atoms with E-state index in [1.165, 1.54) is 12.1 Å². The molecule has 0 saturated carbocycles. The lowest BCUT2D eigenvalue weighted by atomic mass is 9.85. The van der Waals surface area contributed by atoms with E-state index < -0.39 is 22.3 Å². The van der Waals surface area contributed by atoms with Crippen molar-refractivity contribution < 1.29 is 14.8 Å². The van der Waals surface area contributed by atoms with Gasteiger partial charge in [-0.15, -0.1) is 0 Å². The maximum atomic E-state index is 10.9. The van der Waals surface area contributed by atoms with E-state index in [-0.39, 0.29) is 11.0 Å². The van der Waals surface area contributed by atoms with Gasteiger partial charge in [0.25, 0.3) is 0 Å². The van der Waals surface area contributed by atoms with Gasteiger partial charge in [0.2, 0.25) is 11.7 Å². The molecule has 1 rings (SSSR count). The molecule has 0 radical (unpaired) electrons. The molecule has 0 aliphatic heterocycles. The van der Waals surface area contributed by atoms with Crippen LogP contribution in [0.3, 0.4) is 0 Å². The van der Waals surface area contributed by atoms with Crippen molar-refractivity contribution in [2.75, 3.05) is 0 Å². The second kappa shape index (κ2) is 5.09. The third-order valence-corrected chi connectivity index (χ3v) is 2.61. The molecule has 0 fully saturated rings. The number of carbonyl (C=O) groups excluding carboxylic acids is 1. The molecule has 6 heteroatoms. The summed E-state index contributed by atoms with van der Waals surface area (Å²) < 4.78 is 0. The number of nitrogens with two attached hydrogens (primary N) is 1. The number of amides is 1. The molecule has 0 aromatic heterocycles. The number of nitro groups is 1. The number of aromatic hydroxyl groups is 1. The number of rotatable bonds is 3. The SMILES string of the molecule is CC(C)(C)c1cc(/C=C\C(N)=O)c(O)c([N+](=O)[O-])c1. The van der Waals surface area contributed by atoms with E-state index in [0.717, 1.165) is 6.08 Å². The molecule has 1 aromatic rings. The molecule has 19 heavy (non-hydrogen) atoms. The van der Waals surface area contributed by atoms with Crippen molar-refractivity contribution >= 4 is 17.7 Å². The van der Waals surface area contributed by atoms with E-state index in [1.807, 2.05) is 20.8 Å². The number of carbonyl (C=O) groups is 1. The van der Waals surface area contributed by atoms with Crippen LogP contribution in [0.15, 0.2) is 18.2 Å². The van der Waals surface area contributed by atoms with Crippen molar-refractivity contribution in [3.63, 3.8) is 0 Å². The van der Waals surface area contributed by atoms with Crippen LogP contribution in [0, 0.1) is 10.1 Å². The maximum Gasteiger partial charge on any atom is 0.311 e. The van der Waals surface area contributed by atoms with Gasteiger partial charge >= 0.3 is 5.69 Å². The van der Waals surface area contributed by atoms with Gasteiger partial charge in [-0.25, -0.2) is 0 Å². The minimum atomic E-state index is -0.691. The van der Waals surface area contributed by atoms with Gasteiger partial charge in [-0.2, -0.15) is 0 Å². The summed E-state index contributed by atoms with van der Waals surface area (Å²) in [5, 5.41) is 20.7. The second-order valence-corrected chi connectivity index (χ2v) is 5.18. The minimum Gasteiger partial charge on any atom is -0.502 e. The molecule has 0 aliphatic carbocycles. The zero-order chi connectivity index (χ0) is 14.8. The summed E-state index contributed by atoms with van der Waals surface area (Å²) in [6.07, 6.45) is 2.31. The van der Waals surface area contributed by atoms with Gasteiger partial charge in [0.1, 0.15) is 0 Å². The van der Waals surface area contributed by atoms with Crippen molar-refractivity contribution in [1.29, 1.82) is 0 Å². The highest BCUT2D eigenvalue weighted by Gasteiger charge is 2.23. The molecule has 0 unspecified atom stereocenters. The Bertz CT molecular complexity index is 556. The quantitative estimate of drug-likeness (QED) is 0.495. The molecule has 3 N–H and O–H groups in total. The predicted octanol–water partition coefficient (Wildman–Crippen LogP) is 2.10. The number of nitrogens with zero attached hydrogens (tertiary/aromatic N) is 1. The summed E-state index contributed by atoms with van der Waals surface area (Å²) in [6, 6.07) is 2.93. The number of nitro benzene ring substituents is 1. The monoisotopic (exact) mass is 264 g/mol. The second-order valence-electron chi connectivity index (χ2n) is 5.18. The molecular weight excluding hydrogens is 248 g/mol. The molecular formula is C13H16N2O4. The largest absolute Gasteiger partial charge is 0.502 e. The number of phenolic OH excluding ortho intramolecular Hbond substituents is 1. The third kappa shape index (κ3) is 3.54. The normalized spacial score (nSPS) is 11.7. The Morgan fingerprint density at radius 2 is 2.00 bits per heavy atom. The van der Waals surface area contributed by atoms with Gasteiger partial charge in [-0.3, -0.25) is 14.9 Å². The molecule has 1 amide bonds. The first-order chi connectivity index (χ1) is 8.62. The third-order valence-electron chi connectivity index (χ3n) is 2.61. The molecule has 0 saturated heterocycles. The van der Waals surface area contributed by atoms with Gasteiger partial charge in [0.15, 0.2) is 0 Å². The van der Waals surface area contributed by atoms with Crippen LogP contribution in [-0.4, -0.2) is 15.9 Å². The number of benzene rings is 1. The Kier molecular flexibility index (Phi) is 3.94. The first kappa shape index (κ1) is 14.7. The van der Waals surface area contributed by atoms with Crippen LogP contribution in [-0.2, 0) is 10.2 Å². The molecule has 0 atom stereocenters. The molecule has 1 aromatic carbocycles. The topological polar surface area (TPSA) is 106 Å². The van der Waals surface area contributed by atoms with Gasteiger partial charge in [0.05, 0.1) is 4.92 Å². The van der Waals surface area contributed by atoms with Crippen molar-refractivity contribution in [3.05, 3.63) is 39.4 Å². The van der Waals surface area contributed by atoms with Crippen molar-refractivity contribution in [2.24, 2.45) is 5.73 Å². The van der Waals surface area contributed by atoms with E-state index in [9.17, 15) is 20.0 Å². The van der Waals surface area contributed by atoms with E-state index in [2.05, 4.69) is 0 Å². The van der Waals surface area contributed by atoms with Crippen LogP contribution >= 0.6 is 0 Å². The highest BCUT2D eigenvalue weighted by atomic mass is 16.6. The first-order valence-electron chi connectivity index (χ1n) is 5.62. The van der Waals surface area contributed by atoms with E-state index in [4.69, 9.17) is 5.73 Å². The zero-order valence-electron chi connectivity index (χ0n) is 11.0. The smallest absolute Gasteiger partial charge is 0.311 e. The highest BCUT2D eigenvalue weighted by Crippen LogP contribution is 2.36. The van der Waals surface area contributed by atoms with Gasteiger partial charge in [-0.1, -0.05) is 20.8 Å². The number of primary amides is 1. The fourth-order valence-electron chi connectivity index (χ4n) is 1.51. The number of phenols is 1. The lowest BCUT2D eigenvalue weighted by Crippen LogP contribution is -2.12. The van der Waals surface area contributed by atoms with Crippen LogP contribution in [0.4, 0.5) is 5.69 Å². The Balaban J connectivity index is 3.49. The molecule has 102 valence electrons. The summed E-state index contributed by atoms with van der Waals surface area (Å²) >= 11 is 0. The van der Waals surface area contributed by atoms with Crippen LogP contribution < -0.4 is 5.73 Å². The Labute approximate surface area is 110 Å². The molecule has 0 bridgehead atoms. The van der Waals surface area contributed by atoms with Crippen LogP contribution in [0.1, 0.15) is 31.9 Å². The molecule has 0 heterocycles. The first-order valence-corrected chi connectivity index (χ1v) is 5.62. The minimum absolute atomic E-state index is 0.193. The van der Waals surface area contributed by atoms with E-state index in [1.54, 1.807) is 6.07 Å². The lowest BCUT2D eigenvalue weighted by Gasteiger charge is -2.19. The molecule has 6 nitrogen and oxygen atoms in total. The summed E-state index contributed by atoms with van der Waals surface area (Å²) in [7, 11) is 0. The Morgan fingerprint density at radius 1 is 1.42 bits per heavy atom. The Morgan fingerprint density at radius 3 is 2.42 bits per heavy atom. The highest BCUT2D eigenvalue weighted by molar-refractivity contribution is 5.91. The van der Waals surface area contributed by atoms with Crippen LogP contribution in [0.5, 0.6) is 5.75 Å². The van der Waals surface area contributed by atoms with Crippen molar-refractivity contribution in [3.8, 4) is 5.75 Å². The maximum absolute atomic E-state index is 10.9. The average Bonchev–Trinajstić information content (AvgIpc) is 2.25. The average molecular weight is 264 g/mol. The van der Waals surface area contributed by atoms with Crippen molar-refractivity contribution in [1.82, 2.24) is 0 Å². The van der Waals surface area contributed by atoms with E-state index in [0.29, 0.717) is 5.56 Å². The fraction of sp³-hybridized carbons (Fsp3) is 0.308. The van der Waals surface area contributed by atoms with Gasteiger partial charge in [-0.05, 0) is 23.1 Å². The molecule has 0 aliphatic rings. The lowest BCUT2D eigenvalue weighted by molar-refractivity contribution is -0.386. The van der Waals surface area contributed by atoms with Crippen molar-refractivity contribution in [2.45, 2.75) is 26.2 Å². The Hall–Kier alpha value is -2.37. The van der Waals surface area contributed by atoms with Gasteiger partial charge in [0, 0.05) is 17.7 Å². The predicted molar refractivity (Wildman–Crippen MR) is 71.7 cm³/mol. The van der Waals surface area contributed by atoms with Crippen LogP contribution in [0.25, 0.3) is 6.08 Å².